The second-order valence-electron chi connectivity index (χ2n) is 5.48. The molecule has 0 N–H and O–H groups in total. The lowest BCUT2D eigenvalue weighted by Crippen LogP contribution is -2.33. The smallest absolute Gasteiger partial charge is 0.254 e. The Morgan fingerprint density at radius 1 is 1.18 bits per heavy atom. The fourth-order valence-corrected chi connectivity index (χ4v) is 3.32. The number of nitrogens with zero attached hydrogens (tertiary/aromatic N) is 1. The minimum Gasteiger partial charge on any atom is -0.493 e. The van der Waals surface area contributed by atoms with Crippen LogP contribution in [0.4, 0.5) is 0 Å². The van der Waals surface area contributed by atoms with Gasteiger partial charge in [-0.05, 0) is 47.8 Å². The van der Waals surface area contributed by atoms with Crippen molar-refractivity contribution in [3.8, 4) is 11.5 Å². The van der Waals surface area contributed by atoms with Gasteiger partial charge in [0.25, 0.3) is 5.91 Å². The number of ether oxygens (including phenoxy) is 2. The lowest BCUT2D eigenvalue weighted by Gasteiger charge is -2.25. The van der Waals surface area contributed by atoms with E-state index < -0.39 is 0 Å². The van der Waals surface area contributed by atoms with Crippen molar-refractivity contribution in [3.63, 3.8) is 0 Å². The van der Waals surface area contributed by atoms with E-state index in [4.69, 9.17) is 9.47 Å². The molecule has 1 saturated heterocycles. The van der Waals surface area contributed by atoms with E-state index >= 15 is 0 Å². The number of likely N-dealkylation sites (tertiary alicyclic amines) is 1. The molecule has 0 saturated carbocycles. The molecule has 0 atom stereocenters. The van der Waals surface area contributed by atoms with E-state index in [0.717, 1.165) is 30.4 Å². The van der Waals surface area contributed by atoms with E-state index in [-0.39, 0.29) is 5.91 Å². The molecule has 0 unspecified atom stereocenters. The predicted molar refractivity (Wildman–Crippen MR) is 90.9 cm³/mol. The molecular formula is C17H24BrNO3. The number of carbonyl (C=O) groups excluding carboxylic acids is 1. The number of amides is 1. The van der Waals surface area contributed by atoms with Gasteiger partial charge in [0.2, 0.25) is 0 Å². The van der Waals surface area contributed by atoms with Gasteiger partial charge in [-0.25, -0.2) is 0 Å². The van der Waals surface area contributed by atoms with Crippen LogP contribution < -0.4 is 9.47 Å². The van der Waals surface area contributed by atoms with Crippen LogP contribution in [0.5, 0.6) is 11.5 Å². The average Bonchev–Trinajstić information content (AvgIpc) is 2.48. The van der Waals surface area contributed by atoms with Crippen molar-refractivity contribution >= 4 is 21.8 Å². The Morgan fingerprint density at radius 3 is 2.41 bits per heavy atom. The Hall–Kier alpha value is -1.23. The van der Waals surface area contributed by atoms with Crippen molar-refractivity contribution in [2.24, 2.45) is 0 Å². The van der Waals surface area contributed by atoms with Gasteiger partial charge in [-0.15, -0.1) is 0 Å². The second-order valence-corrected chi connectivity index (χ2v) is 6.34. The van der Waals surface area contributed by atoms with E-state index in [1.165, 1.54) is 19.3 Å². The zero-order valence-electron chi connectivity index (χ0n) is 13.4. The maximum absolute atomic E-state index is 12.8. The third kappa shape index (κ3) is 4.15. The summed E-state index contributed by atoms with van der Waals surface area (Å²) in [7, 11) is 1.59. The van der Waals surface area contributed by atoms with E-state index in [1.807, 2.05) is 17.9 Å². The molecule has 1 aromatic rings. The molecule has 5 heteroatoms. The summed E-state index contributed by atoms with van der Waals surface area (Å²) in [5.41, 5.74) is 0.646. The van der Waals surface area contributed by atoms with Gasteiger partial charge in [-0.3, -0.25) is 4.79 Å². The van der Waals surface area contributed by atoms with Gasteiger partial charge in [0.1, 0.15) is 0 Å². The van der Waals surface area contributed by atoms with Gasteiger partial charge >= 0.3 is 0 Å². The fourth-order valence-electron chi connectivity index (χ4n) is 2.76. The van der Waals surface area contributed by atoms with E-state index in [0.29, 0.717) is 23.7 Å². The zero-order chi connectivity index (χ0) is 15.9. The highest BCUT2D eigenvalue weighted by atomic mass is 79.9. The molecule has 0 aliphatic carbocycles. The van der Waals surface area contributed by atoms with Gasteiger partial charge < -0.3 is 14.4 Å². The van der Waals surface area contributed by atoms with Crippen molar-refractivity contribution in [3.05, 3.63) is 22.2 Å². The van der Waals surface area contributed by atoms with Crippen LogP contribution in [0, 0.1) is 0 Å². The lowest BCUT2D eigenvalue weighted by atomic mass is 10.1. The molecule has 0 bridgehead atoms. The SMILES string of the molecule is CCOc1c(Br)cc(C(=O)N2CCCCCCC2)cc1OC. The first kappa shape index (κ1) is 17.1. The maximum Gasteiger partial charge on any atom is 0.254 e. The van der Waals surface area contributed by atoms with E-state index in [2.05, 4.69) is 15.9 Å². The minimum atomic E-state index is 0.0731. The maximum atomic E-state index is 12.8. The number of hydrogen-bond acceptors (Lipinski definition) is 3. The Balaban J connectivity index is 2.23. The molecular weight excluding hydrogens is 346 g/mol. The first-order valence-corrected chi connectivity index (χ1v) is 8.76. The van der Waals surface area contributed by atoms with Gasteiger partial charge in [0.15, 0.2) is 11.5 Å². The van der Waals surface area contributed by atoms with Crippen LogP contribution in [0.3, 0.4) is 0 Å². The van der Waals surface area contributed by atoms with E-state index in [9.17, 15) is 4.79 Å². The molecule has 1 fully saturated rings. The minimum absolute atomic E-state index is 0.0731. The molecule has 1 heterocycles. The Morgan fingerprint density at radius 2 is 1.82 bits per heavy atom. The second kappa shape index (κ2) is 8.42. The summed E-state index contributed by atoms with van der Waals surface area (Å²) >= 11 is 3.48. The fraction of sp³-hybridized carbons (Fsp3) is 0.588. The molecule has 0 aromatic heterocycles. The first-order chi connectivity index (χ1) is 10.7. The van der Waals surface area contributed by atoms with Crippen molar-refractivity contribution in [1.29, 1.82) is 0 Å². The van der Waals surface area contributed by atoms with E-state index in [1.54, 1.807) is 13.2 Å². The van der Waals surface area contributed by atoms with Gasteiger partial charge in [-0.1, -0.05) is 19.3 Å². The number of halogens is 1. The molecule has 0 radical (unpaired) electrons. The standard InChI is InChI=1S/C17H24BrNO3/c1-3-22-16-14(18)11-13(12-15(16)21-2)17(20)19-9-7-5-4-6-8-10-19/h11-12H,3-10H2,1-2H3. The summed E-state index contributed by atoms with van der Waals surface area (Å²) in [5, 5.41) is 0. The largest absolute Gasteiger partial charge is 0.493 e. The Kier molecular flexibility index (Phi) is 6.55. The summed E-state index contributed by atoms with van der Waals surface area (Å²) in [5.74, 6) is 1.31. The van der Waals surface area contributed by atoms with Crippen molar-refractivity contribution < 1.29 is 14.3 Å². The van der Waals surface area contributed by atoms with Crippen molar-refractivity contribution in [1.82, 2.24) is 4.90 Å². The third-order valence-electron chi connectivity index (χ3n) is 3.91. The average molecular weight is 370 g/mol. The normalized spacial score (nSPS) is 15.9. The summed E-state index contributed by atoms with van der Waals surface area (Å²) in [6.07, 6.45) is 5.87. The van der Waals surface area contributed by atoms with Crippen LogP contribution in [0.15, 0.2) is 16.6 Å². The highest BCUT2D eigenvalue weighted by Crippen LogP contribution is 2.37. The van der Waals surface area contributed by atoms with Gasteiger partial charge in [-0.2, -0.15) is 0 Å². The molecule has 2 rings (SSSR count). The number of methoxy groups -OCH3 is 1. The van der Waals surface area contributed by atoms with Gasteiger partial charge in [0, 0.05) is 18.7 Å². The molecule has 1 aliphatic heterocycles. The summed E-state index contributed by atoms with van der Waals surface area (Å²) in [4.78, 5) is 14.7. The molecule has 122 valence electrons. The van der Waals surface area contributed by atoms with Crippen LogP contribution in [0.25, 0.3) is 0 Å². The van der Waals surface area contributed by atoms with Crippen LogP contribution in [0.2, 0.25) is 0 Å². The number of benzene rings is 1. The number of rotatable bonds is 4. The highest BCUT2D eigenvalue weighted by molar-refractivity contribution is 9.10. The van der Waals surface area contributed by atoms with Crippen molar-refractivity contribution in [2.75, 3.05) is 26.8 Å². The van der Waals surface area contributed by atoms with Crippen LogP contribution in [-0.2, 0) is 0 Å². The molecule has 4 nitrogen and oxygen atoms in total. The number of hydrogen-bond donors (Lipinski definition) is 0. The van der Waals surface area contributed by atoms with Crippen molar-refractivity contribution in [2.45, 2.75) is 39.0 Å². The Labute approximate surface area is 140 Å². The third-order valence-corrected chi connectivity index (χ3v) is 4.50. The molecule has 1 amide bonds. The van der Waals surface area contributed by atoms with Crippen LogP contribution >= 0.6 is 15.9 Å². The summed E-state index contributed by atoms with van der Waals surface area (Å²) in [6, 6.07) is 3.60. The van der Waals surface area contributed by atoms with Crippen LogP contribution in [0.1, 0.15) is 49.4 Å². The zero-order valence-corrected chi connectivity index (χ0v) is 14.9. The predicted octanol–water partition coefficient (Wildman–Crippen LogP) is 4.26. The molecule has 1 aromatic carbocycles. The highest BCUT2D eigenvalue weighted by Gasteiger charge is 2.20. The number of carbonyl (C=O) groups is 1. The topological polar surface area (TPSA) is 38.8 Å². The van der Waals surface area contributed by atoms with Gasteiger partial charge in [0.05, 0.1) is 18.2 Å². The first-order valence-electron chi connectivity index (χ1n) is 7.97. The molecule has 0 spiro atoms. The molecule has 22 heavy (non-hydrogen) atoms. The van der Waals surface area contributed by atoms with Crippen LogP contribution in [-0.4, -0.2) is 37.6 Å². The molecule has 1 aliphatic rings. The lowest BCUT2D eigenvalue weighted by molar-refractivity contribution is 0.0742. The summed E-state index contributed by atoms with van der Waals surface area (Å²) in [6.45, 7) is 4.15. The monoisotopic (exact) mass is 369 g/mol. The Bertz CT molecular complexity index is 511. The summed E-state index contributed by atoms with van der Waals surface area (Å²) < 4.78 is 11.7. The quantitative estimate of drug-likeness (QED) is 0.795.